The molecule has 1 aliphatic rings. The summed E-state index contributed by atoms with van der Waals surface area (Å²) in [6.07, 6.45) is 0.761. The van der Waals surface area contributed by atoms with E-state index in [9.17, 15) is 4.79 Å². The van der Waals surface area contributed by atoms with Gasteiger partial charge in [-0.25, -0.2) is 0 Å². The number of carbonyl (C=O) groups is 1. The normalized spacial score (nSPS) is 16.2. The zero-order chi connectivity index (χ0) is 16.2. The summed E-state index contributed by atoms with van der Waals surface area (Å²) in [5.74, 6) is 1.36. The smallest absolute Gasteiger partial charge is 0.258 e. The Morgan fingerprint density at radius 1 is 1.35 bits per heavy atom. The number of fused-ring (bicyclic) bond motifs is 1. The summed E-state index contributed by atoms with van der Waals surface area (Å²) in [7, 11) is 0. The molecule has 23 heavy (non-hydrogen) atoms. The molecule has 0 bridgehead atoms. The minimum absolute atomic E-state index is 0.0127. The Balaban J connectivity index is 1.60. The first-order chi connectivity index (χ1) is 11.1. The number of halogens is 1. The number of benzene rings is 2. The fraction of sp³-hybridized carbons (Fsp3) is 0.278. The lowest BCUT2D eigenvalue weighted by Crippen LogP contribution is -2.35. The molecular weight excluding hydrogens is 358 g/mol. The minimum atomic E-state index is -0.140. The van der Waals surface area contributed by atoms with Crippen LogP contribution in [0.1, 0.15) is 23.6 Å². The fourth-order valence-electron chi connectivity index (χ4n) is 2.59. The van der Waals surface area contributed by atoms with E-state index in [-0.39, 0.29) is 18.6 Å². The zero-order valence-corrected chi connectivity index (χ0v) is 14.4. The molecule has 1 N–H and O–H groups in total. The van der Waals surface area contributed by atoms with Gasteiger partial charge in [-0.15, -0.1) is 0 Å². The molecule has 0 aliphatic carbocycles. The Kier molecular flexibility index (Phi) is 4.86. The van der Waals surface area contributed by atoms with Crippen molar-refractivity contribution in [3.63, 3.8) is 0 Å². The van der Waals surface area contributed by atoms with E-state index in [4.69, 9.17) is 9.47 Å². The van der Waals surface area contributed by atoms with Crippen molar-refractivity contribution in [3.05, 3.63) is 58.1 Å². The van der Waals surface area contributed by atoms with E-state index in [1.165, 1.54) is 0 Å². The number of nitrogens with one attached hydrogen (secondary N) is 1. The predicted octanol–water partition coefficient (Wildman–Crippen LogP) is 3.78. The lowest BCUT2D eigenvalue weighted by atomic mass is 10.0. The van der Waals surface area contributed by atoms with Crippen LogP contribution in [-0.2, 0) is 4.79 Å². The zero-order valence-electron chi connectivity index (χ0n) is 12.8. The molecule has 5 heteroatoms. The van der Waals surface area contributed by atoms with Gasteiger partial charge < -0.3 is 14.8 Å². The molecule has 3 rings (SSSR count). The number of aryl methyl sites for hydroxylation is 1. The van der Waals surface area contributed by atoms with Crippen molar-refractivity contribution in [1.29, 1.82) is 0 Å². The monoisotopic (exact) mass is 375 g/mol. The number of hydrogen-bond acceptors (Lipinski definition) is 3. The fourth-order valence-corrected chi connectivity index (χ4v) is 3.20. The van der Waals surface area contributed by atoms with Gasteiger partial charge in [0.05, 0.1) is 17.1 Å². The van der Waals surface area contributed by atoms with E-state index >= 15 is 0 Å². The molecule has 120 valence electrons. The van der Waals surface area contributed by atoms with Crippen molar-refractivity contribution in [2.45, 2.75) is 19.4 Å². The lowest BCUT2D eigenvalue weighted by molar-refractivity contribution is -0.124. The highest BCUT2D eigenvalue weighted by Gasteiger charge is 2.22. The van der Waals surface area contributed by atoms with Crippen LogP contribution in [0.2, 0.25) is 0 Å². The van der Waals surface area contributed by atoms with Gasteiger partial charge in [-0.05, 0) is 46.6 Å². The van der Waals surface area contributed by atoms with Gasteiger partial charge in [0, 0.05) is 12.0 Å². The molecule has 0 unspecified atom stereocenters. The van der Waals surface area contributed by atoms with Crippen LogP contribution in [0.5, 0.6) is 11.5 Å². The maximum atomic E-state index is 12.2. The minimum Gasteiger partial charge on any atom is -0.493 e. The summed E-state index contributed by atoms with van der Waals surface area (Å²) in [5.41, 5.74) is 2.15. The Bertz CT molecular complexity index is 717. The summed E-state index contributed by atoms with van der Waals surface area (Å²) in [5, 5.41) is 3.02. The standard InChI is InChI=1S/C18H18BrNO3/c1-12-6-7-17(14(19)10-12)23-11-18(21)20-15-8-9-22-16-5-3-2-4-13(15)16/h2-7,10,15H,8-9,11H2,1H3,(H,20,21)/t15-/m0/s1. The van der Waals surface area contributed by atoms with E-state index in [0.29, 0.717) is 12.4 Å². The molecule has 1 amide bonds. The number of ether oxygens (including phenoxy) is 2. The van der Waals surface area contributed by atoms with Crippen molar-refractivity contribution < 1.29 is 14.3 Å². The first-order valence-corrected chi connectivity index (χ1v) is 8.33. The van der Waals surface area contributed by atoms with E-state index in [2.05, 4.69) is 21.2 Å². The molecule has 1 atom stereocenters. The van der Waals surface area contributed by atoms with Crippen molar-refractivity contribution in [3.8, 4) is 11.5 Å². The number of para-hydroxylation sites is 1. The molecule has 0 saturated heterocycles. The highest BCUT2D eigenvalue weighted by atomic mass is 79.9. The molecule has 0 radical (unpaired) electrons. The van der Waals surface area contributed by atoms with Crippen LogP contribution in [-0.4, -0.2) is 19.1 Å². The van der Waals surface area contributed by atoms with Crippen LogP contribution in [0, 0.1) is 6.92 Å². The van der Waals surface area contributed by atoms with Gasteiger partial charge >= 0.3 is 0 Å². The third-order valence-corrected chi connectivity index (χ3v) is 4.36. The van der Waals surface area contributed by atoms with Gasteiger partial charge in [0.15, 0.2) is 6.61 Å². The average molecular weight is 376 g/mol. The maximum Gasteiger partial charge on any atom is 0.258 e. The maximum absolute atomic E-state index is 12.2. The van der Waals surface area contributed by atoms with Gasteiger partial charge in [0.1, 0.15) is 11.5 Å². The Morgan fingerprint density at radius 2 is 2.17 bits per heavy atom. The van der Waals surface area contributed by atoms with Gasteiger partial charge in [-0.1, -0.05) is 24.3 Å². The summed E-state index contributed by atoms with van der Waals surface area (Å²) in [4.78, 5) is 12.2. The first-order valence-electron chi connectivity index (χ1n) is 7.53. The highest BCUT2D eigenvalue weighted by molar-refractivity contribution is 9.10. The Hall–Kier alpha value is -2.01. The number of carbonyl (C=O) groups excluding carboxylic acids is 1. The van der Waals surface area contributed by atoms with Crippen molar-refractivity contribution in [1.82, 2.24) is 5.32 Å². The molecular formula is C18H18BrNO3. The molecule has 1 heterocycles. The second-order valence-electron chi connectivity index (χ2n) is 5.52. The van der Waals surface area contributed by atoms with E-state index in [1.807, 2.05) is 49.4 Å². The summed E-state index contributed by atoms with van der Waals surface area (Å²) in [6, 6.07) is 13.5. The summed E-state index contributed by atoms with van der Waals surface area (Å²) in [6.45, 7) is 2.59. The van der Waals surface area contributed by atoms with Crippen LogP contribution in [0.4, 0.5) is 0 Å². The van der Waals surface area contributed by atoms with E-state index in [0.717, 1.165) is 27.8 Å². The second-order valence-corrected chi connectivity index (χ2v) is 6.37. The van der Waals surface area contributed by atoms with Crippen LogP contribution < -0.4 is 14.8 Å². The van der Waals surface area contributed by atoms with Crippen molar-refractivity contribution in [2.24, 2.45) is 0 Å². The van der Waals surface area contributed by atoms with Crippen LogP contribution in [0.3, 0.4) is 0 Å². The molecule has 0 saturated carbocycles. The largest absolute Gasteiger partial charge is 0.493 e. The average Bonchev–Trinajstić information content (AvgIpc) is 2.54. The third-order valence-electron chi connectivity index (χ3n) is 3.74. The Labute approximate surface area is 143 Å². The van der Waals surface area contributed by atoms with Gasteiger partial charge in [0.2, 0.25) is 0 Å². The molecule has 1 aliphatic heterocycles. The van der Waals surface area contributed by atoms with Crippen molar-refractivity contribution in [2.75, 3.05) is 13.2 Å². The van der Waals surface area contributed by atoms with Crippen LogP contribution in [0.15, 0.2) is 46.9 Å². The second kappa shape index (κ2) is 7.04. The number of rotatable bonds is 4. The number of hydrogen-bond donors (Lipinski definition) is 1. The number of amides is 1. The topological polar surface area (TPSA) is 47.6 Å². The SMILES string of the molecule is Cc1ccc(OCC(=O)N[C@H]2CCOc3ccccc32)c(Br)c1. The van der Waals surface area contributed by atoms with Crippen LogP contribution >= 0.6 is 15.9 Å². The molecule has 0 spiro atoms. The van der Waals surface area contributed by atoms with Gasteiger partial charge in [0.25, 0.3) is 5.91 Å². The van der Waals surface area contributed by atoms with Gasteiger partial charge in [-0.3, -0.25) is 4.79 Å². The molecule has 0 fully saturated rings. The third kappa shape index (κ3) is 3.85. The summed E-state index contributed by atoms with van der Waals surface area (Å²) < 4.78 is 12.0. The van der Waals surface area contributed by atoms with Gasteiger partial charge in [-0.2, -0.15) is 0 Å². The van der Waals surface area contributed by atoms with Crippen molar-refractivity contribution >= 4 is 21.8 Å². The van der Waals surface area contributed by atoms with Crippen LogP contribution in [0.25, 0.3) is 0 Å². The van der Waals surface area contributed by atoms with E-state index < -0.39 is 0 Å². The van der Waals surface area contributed by atoms with E-state index in [1.54, 1.807) is 0 Å². The molecule has 2 aromatic rings. The molecule has 4 nitrogen and oxygen atoms in total. The highest BCUT2D eigenvalue weighted by Crippen LogP contribution is 2.31. The summed E-state index contributed by atoms with van der Waals surface area (Å²) >= 11 is 3.44. The first kappa shape index (κ1) is 15.9. The lowest BCUT2D eigenvalue weighted by Gasteiger charge is -2.26. The Morgan fingerprint density at radius 3 is 3.00 bits per heavy atom. The quantitative estimate of drug-likeness (QED) is 0.884. The molecule has 0 aromatic heterocycles. The molecule has 2 aromatic carbocycles. The predicted molar refractivity (Wildman–Crippen MR) is 91.8 cm³/mol.